The molecule has 0 amide bonds. The number of ether oxygens (including phenoxy) is 1. The monoisotopic (exact) mass is 216 g/mol. The highest BCUT2D eigenvalue weighted by Crippen LogP contribution is 2.20. The molecule has 0 fully saturated rings. The molecule has 0 N–H and O–H groups in total. The molecule has 4 heteroatoms. The van der Waals surface area contributed by atoms with Crippen molar-refractivity contribution >= 4 is 6.47 Å². The SMILES string of the molecule is Cc1ccc(-n2ncc(OC=O)c2C)cc1. The van der Waals surface area contributed by atoms with E-state index in [2.05, 4.69) is 5.10 Å². The zero-order chi connectivity index (χ0) is 11.5. The highest BCUT2D eigenvalue weighted by atomic mass is 16.5. The molecule has 2 aromatic rings. The lowest BCUT2D eigenvalue weighted by atomic mass is 10.2. The van der Waals surface area contributed by atoms with Crippen LogP contribution in [0.3, 0.4) is 0 Å². The summed E-state index contributed by atoms with van der Waals surface area (Å²) in [6.07, 6.45) is 1.53. The first-order valence-corrected chi connectivity index (χ1v) is 4.94. The van der Waals surface area contributed by atoms with E-state index in [1.54, 1.807) is 4.68 Å². The molecule has 0 aliphatic carbocycles. The highest BCUT2D eigenvalue weighted by Gasteiger charge is 2.08. The van der Waals surface area contributed by atoms with Gasteiger partial charge in [0.15, 0.2) is 5.75 Å². The molecule has 2 rings (SSSR count). The van der Waals surface area contributed by atoms with Crippen molar-refractivity contribution in [3.8, 4) is 11.4 Å². The van der Waals surface area contributed by atoms with Gasteiger partial charge in [-0.2, -0.15) is 5.10 Å². The first kappa shape index (κ1) is 10.4. The number of benzene rings is 1. The summed E-state index contributed by atoms with van der Waals surface area (Å²) in [5.41, 5.74) is 2.94. The Bertz CT molecular complexity index is 500. The molecule has 0 saturated carbocycles. The largest absolute Gasteiger partial charge is 0.425 e. The molecule has 0 aliphatic heterocycles. The lowest BCUT2D eigenvalue weighted by Gasteiger charge is -2.04. The van der Waals surface area contributed by atoms with E-state index in [0.717, 1.165) is 11.4 Å². The zero-order valence-corrected chi connectivity index (χ0v) is 9.18. The van der Waals surface area contributed by atoms with Crippen LogP contribution in [0.15, 0.2) is 30.5 Å². The molecule has 0 aliphatic rings. The molecular formula is C12H12N2O2. The van der Waals surface area contributed by atoms with Gasteiger partial charge in [0.05, 0.1) is 17.6 Å². The van der Waals surface area contributed by atoms with Crippen LogP contribution >= 0.6 is 0 Å². The maximum absolute atomic E-state index is 10.3. The van der Waals surface area contributed by atoms with Crippen LogP contribution in [0.4, 0.5) is 0 Å². The molecule has 0 unspecified atom stereocenters. The third kappa shape index (κ3) is 1.82. The molecule has 16 heavy (non-hydrogen) atoms. The van der Waals surface area contributed by atoms with E-state index in [9.17, 15) is 4.79 Å². The average molecular weight is 216 g/mol. The van der Waals surface area contributed by atoms with Gasteiger partial charge in [-0.3, -0.25) is 4.79 Å². The predicted molar refractivity (Wildman–Crippen MR) is 59.7 cm³/mol. The summed E-state index contributed by atoms with van der Waals surface area (Å²) in [5, 5.41) is 4.17. The van der Waals surface area contributed by atoms with Gasteiger partial charge in [-0.1, -0.05) is 17.7 Å². The summed E-state index contributed by atoms with van der Waals surface area (Å²) in [6.45, 7) is 4.29. The highest BCUT2D eigenvalue weighted by molar-refractivity contribution is 5.47. The number of carbonyl (C=O) groups excluding carboxylic acids is 1. The second-order valence-corrected chi connectivity index (χ2v) is 3.56. The van der Waals surface area contributed by atoms with Gasteiger partial charge < -0.3 is 4.74 Å². The first-order chi connectivity index (χ1) is 7.72. The Morgan fingerprint density at radius 2 is 1.94 bits per heavy atom. The van der Waals surface area contributed by atoms with Crippen LogP contribution in [0, 0.1) is 13.8 Å². The van der Waals surface area contributed by atoms with Crippen LogP contribution in [0.25, 0.3) is 5.69 Å². The quantitative estimate of drug-likeness (QED) is 0.737. The number of hydrogen-bond donors (Lipinski definition) is 0. The Morgan fingerprint density at radius 1 is 1.25 bits per heavy atom. The van der Waals surface area contributed by atoms with E-state index in [-0.39, 0.29) is 0 Å². The Hall–Kier alpha value is -2.10. The Balaban J connectivity index is 2.40. The first-order valence-electron chi connectivity index (χ1n) is 4.94. The Morgan fingerprint density at radius 3 is 2.56 bits per heavy atom. The Labute approximate surface area is 93.5 Å². The van der Waals surface area contributed by atoms with Crippen LogP contribution in [-0.4, -0.2) is 16.3 Å². The lowest BCUT2D eigenvalue weighted by Crippen LogP contribution is -1.99. The van der Waals surface area contributed by atoms with Crippen molar-refractivity contribution < 1.29 is 9.53 Å². The Kier molecular flexibility index (Phi) is 2.72. The summed E-state index contributed by atoms with van der Waals surface area (Å²) in [5.74, 6) is 0.482. The van der Waals surface area contributed by atoms with E-state index < -0.39 is 0 Å². The number of aryl methyl sites for hydroxylation is 1. The number of hydrogen-bond acceptors (Lipinski definition) is 3. The summed E-state index contributed by atoms with van der Waals surface area (Å²) in [6, 6.07) is 7.97. The van der Waals surface area contributed by atoms with Crippen molar-refractivity contribution in [2.75, 3.05) is 0 Å². The van der Waals surface area contributed by atoms with Crippen LogP contribution < -0.4 is 4.74 Å². The van der Waals surface area contributed by atoms with Crippen LogP contribution in [0.5, 0.6) is 5.75 Å². The summed E-state index contributed by atoms with van der Waals surface area (Å²) in [7, 11) is 0. The minimum atomic E-state index is 0.406. The van der Waals surface area contributed by atoms with Crippen molar-refractivity contribution in [1.82, 2.24) is 9.78 Å². The molecule has 0 bridgehead atoms. The molecule has 0 saturated heterocycles. The molecule has 1 aromatic heterocycles. The second kappa shape index (κ2) is 4.18. The van der Waals surface area contributed by atoms with Crippen molar-refractivity contribution in [3.63, 3.8) is 0 Å². The van der Waals surface area contributed by atoms with Gasteiger partial charge >= 0.3 is 0 Å². The van der Waals surface area contributed by atoms with Crippen molar-refractivity contribution in [2.45, 2.75) is 13.8 Å². The molecule has 0 radical (unpaired) electrons. The van der Waals surface area contributed by atoms with Crippen LogP contribution in [0.1, 0.15) is 11.3 Å². The number of aromatic nitrogens is 2. The molecule has 1 heterocycles. The fourth-order valence-corrected chi connectivity index (χ4v) is 1.51. The van der Waals surface area contributed by atoms with Gasteiger partial charge in [-0.25, -0.2) is 4.68 Å². The van der Waals surface area contributed by atoms with Crippen molar-refractivity contribution in [3.05, 3.63) is 41.7 Å². The van der Waals surface area contributed by atoms with Gasteiger partial charge in [0, 0.05) is 0 Å². The van der Waals surface area contributed by atoms with Gasteiger partial charge in [-0.15, -0.1) is 0 Å². The topological polar surface area (TPSA) is 44.1 Å². The molecule has 0 atom stereocenters. The van der Waals surface area contributed by atoms with Gasteiger partial charge in [-0.05, 0) is 26.0 Å². The summed E-state index contributed by atoms with van der Waals surface area (Å²) < 4.78 is 6.53. The number of rotatable bonds is 3. The molecular weight excluding hydrogens is 204 g/mol. The summed E-state index contributed by atoms with van der Waals surface area (Å²) >= 11 is 0. The molecule has 82 valence electrons. The van der Waals surface area contributed by atoms with Gasteiger partial charge in [0.1, 0.15) is 0 Å². The zero-order valence-electron chi connectivity index (χ0n) is 9.18. The minimum absolute atomic E-state index is 0.406. The maximum Gasteiger partial charge on any atom is 0.298 e. The smallest absolute Gasteiger partial charge is 0.298 e. The van der Waals surface area contributed by atoms with E-state index >= 15 is 0 Å². The maximum atomic E-state index is 10.3. The van der Waals surface area contributed by atoms with E-state index in [0.29, 0.717) is 12.2 Å². The predicted octanol–water partition coefficient (Wildman–Crippen LogP) is 2.02. The molecule has 1 aromatic carbocycles. The third-order valence-corrected chi connectivity index (χ3v) is 2.42. The van der Waals surface area contributed by atoms with E-state index in [1.807, 2.05) is 38.1 Å². The van der Waals surface area contributed by atoms with Crippen molar-refractivity contribution in [2.24, 2.45) is 0 Å². The number of nitrogens with zero attached hydrogens (tertiary/aromatic N) is 2. The van der Waals surface area contributed by atoms with Gasteiger partial charge in [0.25, 0.3) is 6.47 Å². The van der Waals surface area contributed by atoms with Crippen molar-refractivity contribution in [1.29, 1.82) is 0 Å². The number of carbonyl (C=O) groups is 1. The molecule has 4 nitrogen and oxygen atoms in total. The van der Waals surface area contributed by atoms with Crippen LogP contribution in [0.2, 0.25) is 0 Å². The minimum Gasteiger partial charge on any atom is -0.425 e. The average Bonchev–Trinajstić information content (AvgIpc) is 2.63. The third-order valence-electron chi connectivity index (χ3n) is 2.42. The fourth-order valence-electron chi connectivity index (χ4n) is 1.51. The van der Waals surface area contributed by atoms with E-state index in [1.165, 1.54) is 11.8 Å². The van der Waals surface area contributed by atoms with E-state index in [4.69, 9.17) is 4.74 Å². The van der Waals surface area contributed by atoms with Crippen LogP contribution in [-0.2, 0) is 4.79 Å². The van der Waals surface area contributed by atoms with Gasteiger partial charge in [0.2, 0.25) is 0 Å². The summed E-state index contributed by atoms with van der Waals surface area (Å²) in [4.78, 5) is 10.3. The second-order valence-electron chi connectivity index (χ2n) is 3.56. The molecule has 0 spiro atoms. The fraction of sp³-hybridized carbons (Fsp3) is 0.167. The normalized spacial score (nSPS) is 10.1. The lowest BCUT2D eigenvalue weighted by molar-refractivity contribution is -0.120. The standard InChI is InChI=1S/C12H12N2O2/c1-9-3-5-11(6-4-9)14-10(2)12(7-13-14)16-8-15/h3-8H,1-2H3.